The fourth-order valence-corrected chi connectivity index (χ4v) is 3.81. The Labute approximate surface area is 154 Å². The fourth-order valence-electron chi connectivity index (χ4n) is 3.81. The molecule has 5 unspecified atom stereocenters. The van der Waals surface area contributed by atoms with Crippen molar-refractivity contribution in [2.75, 3.05) is 7.11 Å². The van der Waals surface area contributed by atoms with E-state index in [-0.39, 0.29) is 24.6 Å². The van der Waals surface area contributed by atoms with E-state index < -0.39 is 41.7 Å². The van der Waals surface area contributed by atoms with Gasteiger partial charge in [0.25, 0.3) is 0 Å². The third-order valence-corrected chi connectivity index (χ3v) is 5.43. The van der Waals surface area contributed by atoms with E-state index >= 15 is 0 Å². The number of ether oxygens (including phenoxy) is 1. The number of halogens is 4. The summed E-state index contributed by atoms with van der Waals surface area (Å²) in [5, 5.41) is 2.59. The molecule has 27 heavy (non-hydrogen) atoms. The second-order valence-corrected chi connectivity index (χ2v) is 6.83. The van der Waals surface area contributed by atoms with Crippen LogP contribution in [0.15, 0.2) is 21.3 Å². The molecule has 0 radical (unpaired) electrons. The van der Waals surface area contributed by atoms with Crippen LogP contribution in [0.5, 0.6) is 0 Å². The third kappa shape index (κ3) is 3.66. The van der Waals surface area contributed by atoms with Crippen molar-refractivity contribution in [1.29, 1.82) is 0 Å². The Morgan fingerprint density at radius 2 is 2.15 bits per heavy atom. The Bertz CT molecular complexity index is 689. The molecule has 2 rings (SSSR count). The van der Waals surface area contributed by atoms with Crippen LogP contribution in [0.3, 0.4) is 0 Å². The molecule has 1 aliphatic heterocycles. The van der Waals surface area contributed by atoms with E-state index in [1.54, 1.807) is 13.8 Å². The van der Waals surface area contributed by atoms with Gasteiger partial charge in [0.1, 0.15) is 29.3 Å². The highest BCUT2D eigenvalue weighted by molar-refractivity contribution is 5.92. The van der Waals surface area contributed by atoms with Crippen LogP contribution in [0.2, 0.25) is 0 Å². The Morgan fingerprint density at radius 3 is 2.59 bits per heavy atom. The Kier molecular flexibility index (Phi) is 5.86. The zero-order valence-corrected chi connectivity index (χ0v) is 15.6. The lowest BCUT2D eigenvalue weighted by atomic mass is 9.67. The number of primary amides is 1. The first-order valence-electron chi connectivity index (χ1n) is 8.63. The molecule has 0 saturated heterocycles. The number of hydrogen-bond acceptors (Lipinski definition) is 3. The number of carbonyl (C=O) groups excluding carboxylic acids is 1. The number of nitrogens with two attached hydrogens (primary N) is 1. The molecule has 0 spiro atoms. The molecule has 10 heteroatoms. The van der Waals surface area contributed by atoms with Crippen molar-refractivity contribution in [3.05, 3.63) is 11.3 Å². The van der Waals surface area contributed by atoms with Crippen molar-refractivity contribution in [3.63, 3.8) is 0 Å². The van der Waals surface area contributed by atoms with Crippen LogP contribution in [-0.4, -0.2) is 49.6 Å². The van der Waals surface area contributed by atoms with Gasteiger partial charge in [-0.3, -0.25) is 4.79 Å². The molecule has 1 amide bonds. The number of alkyl halides is 4. The van der Waals surface area contributed by atoms with Gasteiger partial charge < -0.3 is 15.8 Å². The normalized spacial score (nSPS) is 35.9. The van der Waals surface area contributed by atoms with Crippen molar-refractivity contribution >= 4 is 18.1 Å². The van der Waals surface area contributed by atoms with Crippen LogP contribution in [0.25, 0.3) is 0 Å². The second-order valence-electron chi connectivity index (χ2n) is 6.83. The molecule has 0 bridgehead atoms. The molecule has 1 aliphatic carbocycles. The van der Waals surface area contributed by atoms with E-state index in [1.165, 1.54) is 14.0 Å². The standard InChI is InChI=1S/C17H24F4N4O2/c1-5-16(14(22)26)8(2)13(27-4)11(6-12(16)18)25-15-23-7-10(9(3)24-15)17(19,20)21/h7,9-12H,5-6H2,1-4H3,(H2,22,26)(H,24,25). The van der Waals surface area contributed by atoms with Gasteiger partial charge in [-0.05, 0) is 25.8 Å². The molecule has 152 valence electrons. The minimum Gasteiger partial charge on any atom is -0.499 e. The van der Waals surface area contributed by atoms with Gasteiger partial charge in [0.2, 0.25) is 11.9 Å². The second kappa shape index (κ2) is 7.47. The number of rotatable bonds is 4. The van der Waals surface area contributed by atoms with Crippen molar-refractivity contribution in [2.45, 2.75) is 58.0 Å². The maximum absolute atomic E-state index is 14.9. The number of aliphatic imine (C=N–C) groups is 2. The van der Waals surface area contributed by atoms with Crippen LogP contribution < -0.4 is 11.1 Å². The summed E-state index contributed by atoms with van der Waals surface area (Å²) in [7, 11) is 1.37. The van der Waals surface area contributed by atoms with E-state index in [4.69, 9.17) is 10.5 Å². The van der Waals surface area contributed by atoms with Crippen LogP contribution in [0.1, 0.15) is 33.6 Å². The average Bonchev–Trinajstić information content (AvgIpc) is 2.54. The molecule has 1 heterocycles. The molecular weight excluding hydrogens is 368 g/mol. The van der Waals surface area contributed by atoms with E-state index in [9.17, 15) is 22.4 Å². The molecule has 0 saturated carbocycles. The first-order chi connectivity index (χ1) is 12.5. The molecule has 2 aliphatic rings. The number of hydrogen-bond donors (Lipinski definition) is 2. The van der Waals surface area contributed by atoms with Gasteiger partial charge in [-0.15, -0.1) is 0 Å². The smallest absolute Gasteiger partial charge is 0.398 e. The molecule has 0 aromatic heterocycles. The van der Waals surface area contributed by atoms with E-state index in [1.807, 2.05) is 0 Å². The average molecular weight is 392 g/mol. The summed E-state index contributed by atoms with van der Waals surface area (Å²) < 4.78 is 59.0. The van der Waals surface area contributed by atoms with E-state index in [0.717, 1.165) is 6.21 Å². The number of nitrogens with one attached hydrogen (secondary N) is 1. The zero-order valence-electron chi connectivity index (χ0n) is 15.6. The quantitative estimate of drug-likeness (QED) is 0.721. The van der Waals surface area contributed by atoms with Gasteiger partial charge in [-0.2, -0.15) is 13.2 Å². The summed E-state index contributed by atoms with van der Waals surface area (Å²) >= 11 is 0. The van der Waals surface area contributed by atoms with Gasteiger partial charge >= 0.3 is 6.18 Å². The first kappa shape index (κ1) is 21.2. The van der Waals surface area contributed by atoms with Gasteiger partial charge in [0.15, 0.2) is 0 Å². The van der Waals surface area contributed by atoms with Gasteiger partial charge in [-0.1, -0.05) is 6.92 Å². The van der Waals surface area contributed by atoms with Crippen molar-refractivity contribution in [1.82, 2.24) is 5.32 Å². The largest absolute Gasteiger partial charge is 0.499 e. The topological polar surface area (TPSA) is 89.1 Å². The van der Waals surface area contributed by atoms with Crippen LogP contribution in [-0.2, 0) is 9.53 Å². The van der Waals surface area contributed by atoms with E-state index in [0.29, 0.717) is 5.57 Å². The SMILES string of the molecule is CCC1(C(N)=O)C(C)=C(OC)C(N=C2N=CC(C(F)(F)F)C(C)N2)CC1F. The van der Waals surface area contributed by atoms with Gasteiger partial charge in [0.05, 0.1) is 7.11 Å². The molecule has 6 nitrogen and oxygen atoms in total. The molecule has 3 N–H and O–H groups in total. The highest BCUT2D eigenvalue weighted by atomic mass is 19.4. The Hall–Kier alpha value is -2.13. The van der Waals surface area contributed by atoms with E-state index in [2.05, 4.69) is 15.3 Å². The number of amides is 1. The van der Waals surface area contributed by atoms with Crippen molar-refractivity contribution in [3.8, 4) is 0 Å². The summed E-state index contributed by atoms with van der Waals surface area (Å²) in [6.45, 7) is 4.59. The number of methoxy groups -OCH3 is 1. The molecule has 0 aromatic rings. The van der Waals surface area contributed by atoms with Gasteiger partial charge in [0, 0.05) is 18.7 Å². The lowest BCUT2D eigenvalue weighted by Gasteiger charge is -2.40. The monoisotopic (exact) mass is 392 g/mol. The number of nitrogens with zero attached hydrogens (tertiary/aromatic N) is 2. The number of carbonyl (C=O) groups is 1. The minimum absolute atomic E-state index is 0.0365. The van der Waals surface area contributed by atoms with Crippen LogP contribution >= 0.6 is 0 Å². The lowest BCUT2D eigenvalue weighted by molar-refractivity contribution is -0.159. The van der Waals surface area contributed by atoms with Crippen LogP contribution in [0.4, 0.5) is 17.6 Å². The summed E-state index contributed by atoms with van der Waals surface area (Å²) in [4.78, 5) is 19.9. The first-order valence-corrected chi connectivity index (χ1v) is 8.63. The fraction of sp³-hybridized carbons (Fsp3) is 0.706. The minimum atomic E-state index is -4.42. The lowest BCUT2D eigenvalue weighted by Crippen LogP contribution is -2.51. The predicted molar refractivity (Wildman–Crippen MR) is 93.0 cm³/mol. The van der Waals surface area contributed by atoms with Gasteiger partial charge in [-0.25, -0.2) is 14.4 Å². The highest BCUT2D eigenvalue weighted by Gasteiger charge is 2.52. The van der Waals surface area contributed by atoms with Crippen molar-refractivity contribution in [2.24, 2.45) is 27.1 Å². The maximum atomic E-state index is 14.9. The summed E-state index contributed by atoms with van der Waals surface area (Å²) in [6.07, 6.45) is -5.26. The molecule has 5 atom stereocenters. The summed E-state index contributed by atoms with van der Waals surface area (Å²) in [5.41, 5.74) is 4.32. The van der Waals surface area contributed by atoms with Crippen LogP contribution in [0, 0.1) is 11.3 Å². The molecular formula is C17H24F4N4O2. The third-order valence-electron chi connectivity index (χ3n) is 5.43. The molecule has 0 aromatic carbocycles. The summed E-state index contributed by atoms with van der Waals surface area (Å²) in [5.74, 6) is -2.28. The molecule has 0 fully saturated rings. The Morgan fingerprint density at radius 1 is 1.52 bits per heavy atom. The zero-order chi connectivity index (χ0) is 20.6. The summed E-state index contributed by atoms with van der Waals surface area (Å²) in [6, 6.07) is -1.79. The predicted octanol–water partition coefficient (Wildman–Crippen LogP) is 2.50. The maximum Gasteiger partial charge on any atom is 0.398 e. The number of guanidine groups is 1. The van der Waals surface area contributed by atoms with Crippen molar-refractivity contribution < 1.29 is 27.1 Å². The Balaban J connectivity index is 2.40. The highest BCUT2D eigenvalue weighted by Crippen LogP contribution is 2.46.